The van der Waals surface area contributed by atoms with Gasteiger partial charge in [0.25, 0.3) is 5.91 Å². The minimum absolute atomic E-state index is 0.113. The number of amides is 1. The Balaban J connectivity index is 1.51. The second-order valence-electron chi connectivity index (χ2n) is 9.67. The lowest BCUT2D eigenvalue weighted by Crippen LogP contribution is -2.29. The van der Waals surface area contributed by atoms with Gasteiger partial charge in [0.05, 0.1) is 20.3 Å². The molecule has 8 heteroatoms. The van der Waals surface area contributed by atoms with Gasteiger partial charge in [0.1, 0.15) is 12.4 Å². The third kappa shape index (κ3) is 5.63. The van der Waals surface area contributed by atoms with Gasteiger partial charge in [-0.2, -0.15) is 0 Å². The van der Waals surface area contributed by atoms with Crippen molar-refractivity contribution in [3.8, 4) is 17.2 Å². The van der Waals surface area contributed by atoms with Gasteiger partial charge < -0.3 is 24.2 Å². The Bertz CT molecular complexity index is 1600. The van der Waals surface area contributed by atoms with Gasteiger partial charge in [0, 0.05) is 24.3 Å². The number of nitrogens with one attached hydrogen (secondary N) is 1. The van der Waals surface area contributed by atoms with Gasteiger partial charge in [-0.3, -0.25) is 9.59 Å². The number of hydrogen-bond acceptors (Lipinski definition) is 6. The average molecular weight is 551 g/mol. The second kappa shape index (κ2) is 12.0. The van der Waals surface area contributed by atoms with Crippen molar-refractivity contribution >= 4 is 17.4 Å². The molecular weight excluding hydrogens is 520 g/mol. The molecule has 1 aliphatic heterocycles. The van der Waals surface area contributed by atoms with Crippen molar-refractivity contribution < 1.29 is 33.9 Å². The lowest BCUT2D eigenvalue weighted by Gasteiger charge is -2.28. The summed E-state index contributed by atoms with van der Waals surface area (Å²) in [4.78, 5) is 31.1. The van der Waals surface area contributed by atoms with E-state index >= 15 is 0 Å². The molecule has 2 heterocycles. The van der Waals surface area contributed by atoms with Gasteiger partial charge in [0.2, 0.25) is 5.78 Å². The summed E-state index contributed by atoms with van der Waals surface area (Å²) in [5, 5.41) is 13.9. The van der Waals surface area contributed by atoms with E-state index in [2.05, 4.69) is 4.98 Å². The zero-order chi connectivity index (χ0) is 28.9. The molecule has 0 saturated carbocycles. The largest absolute Gasteiger partial charge is 0.872 e. The maximum absolute atomic E-state index is 13.9. The van der Waals surface area contributed by atoms with Gasteiger partial charge in [0.15, 0.2) is 23.9 Å². The molecule has 0 spiro atoms. The van der Waals surface area contributed by atoms with Crippen LogP contribution in [0.3, 0.4) is 0 Å². The smallest absolute Gasteiger partial charge is 0.295 e. The van der Waals surface area contributed by atoms with Crippen LogP contribution in [0, 0.1) is 6.92 Å². The van der Waals surface area contributed by atoms with Crippen molar-refractivity contribution in [2.75, 3.05) is 14.2 Å². The van der Waals surface area contributed by atoms with Crippen molar-refractivity contribution in [3.05, 3.63) is 125 Å². The minimum Gasteiger partial charge on any atom is -0.872 e. The number of aromatic amines is 1. The number of rotatable bonds is 9. The SMILES string of the molecule is COc1ccc(C2/C(=C(\[O-])c3ccc(OCc4ccccc4C)cc3)C(=O)C(=O)N2Cc2cc[nH+]cc2)cc1OC. The molecule has 4 aromatic rings. The number of H-pyrrole nitrogens is 1. The molecule has 3 aromatic carbocycles. The van der Waals surface area contributed by atoms with E-state index in [1.807, 2.05) is 43.3 Å². The molecule has 1 fully saturated rings. The van der Waals surface area contributed by atoms with Crippen molar-refractivity contribution in [2.24, 2.45) is 0 Å². The molecule has 0 aliphatic carbocycles. The standard InChI is InChI=1S/C33H30N2O6/c1-21-6-4-5-7-25(21)20-41-26-11-8-23(9-12-26)31(36)29-30(24-10-13-27(39-2)28(18-24)40-3)35(33(38)32(29)37)19-22-14-16-34-17-15-22/h4-18,30,36H,19-20H2,1-3H3/b31-29+. The molecule has 41 heavy (non-hydrogen) atoms. The Labute approximate surface area is 238 Å². The Morgan fingerprint density at radius 1 is 0.902 bits per heavy atom. The highest BCUT2D eigenvalue weighted by Crippen LogP contribution is 2.42. The van der Waals surface area contributed by atoms with E-state index in [9.17, 15) is 14.7 Å². The highest BCUT2D eigenvalue weighted by atomic mass is 16.5. The summed E-state index contributed by atoms with van der Waals surface area (Å²) in [5.74, 6) is -0.574. The van der Waals surface area contributed by atoms with Crippen LogP contribution in [0.2, 0.25) is 0 Å². The van der Waals surface area contributed by atoms with E-state index in [1.54, 1.807) is 54.9 Å². The topological polar surface area (TPSA) is 102 Å². The summed E-state index contributed by atoms with van der Waals surface area (Å²) in [6.45, 7) is 2.55. The third-order valence-electron chi connectivity index (χ3n) is 7.17. The molecule has 1 unspecified atom stereocenters. The molecule has 1 atom stereocenters. The number of ketones is 1. The normalized spacial score (nSPS) is 16.1. The lowest BCUT2D eigenvalue weighted by atomic mass is 9.94. The summed E-state index contributed by atoms with van der Waals surface area (Å²) in [6, 6.07) is 22.4. The maximum Gasteiger partial charge on any atom is 0.295 e. The van der Waals surface area contributed by atoms with E-state index < -0.39 is 23.5 Å². The maximum atomic E-state index is 13.9. The van der Waals surface area contributed by atoms with Crippen molar-refractivity contribution in [1.29, 1.82) is 0 Å². The van der Waals surface area contributed by atoms with Crippen LogP contribution in [0.1, 0.15) is 33.9 Å². The summed E-state index contributed by atoms with van der Waals surface area (Å²) in [6.07, 6.45) is 3.48. The zero-order valence-electron chi connectivity index (χ0n) is 23.0. The third-order valence-corrected chi connectivity index (χ3v) is 7.17. The molecule has 1 aliphatic rings. The summed E-state index contributed by atoms with van der Waals surface area (Å²) < 4.78 is 16.8. The number of hydrogen-bond donors (Lipinski definition) is 0. The zero-order valence-corrected chi connectivity index (χ0v) is 23.0. The molecule has 1 saturated heterocycles. The van der Waals surface area contributed by atoms with Crippen LogP contribution in [-0.4, -0.2) is 30.8 Å². The number of likely N-dealkylation sites (tertiary alicyclic amines) is 1. The first-order valence-electron chi connectivity index (χ1n) is 13.1. The van der Waals surface area contributed by atoms with Gasteiger partial charge in [-0.1, -0.05) is 48.2 Å². The number of carbonyl (C=O) groups excluding carboxylic acids is 2. The Morgan fingerprint density at radius 2 is 1.61 bits per heavy atom. The number of pyridine rings is 1. The number of benzene rings is 3. The summed E-state index contributed by atoms with van der Waals surface area (Å²) >= 11 is 0. The Kier molecular flexibility index (Phi) is 8.01. The molecule has 8 nitrogen and oxygen atoms in total. The number of ether oxygens (including phenoxy) is 3. The fraction of sp³-hybridized carbons (Fsp3) is 0.182. The van der Waals surface area contributed by atoms with Crippen LogP contribution >= 0.6 is 0 Å². The number of methoxy groups -OCH3 is 2. The highest BCUT2D eigenvalue weighted by molar-refractivity contribution is 6.46. The average Bonchev–Trinajstić information content (AvgIpc) is 3.25. The molecule has 1 aromatic heterocycles. The fourth-order valence-electron chi connectivity index (χ4n) is 4.92. The quantitative estimate of drug-likeness (QED) is 0.178. The number of carbonyl (C=O) groups is 2. The molecule has 1 N–H and O–H groups in total. The van der Waals surface area contributed by atoms with E-state index in [1.165, 1.54) is 19.1 Å². The van der Waals surface area contributed by atoms with E-state index in [4.69, 9.17) is 14.2 Å². The first-order chi connectivity index (χ1) is 19.9. The first kappa shape index (κ1) is 27.5. The first-order valence-corrected chi connectivity index (χ1v) is 13.1. The highest BCUT2D eigenvalue weighted by Gasteiger charge is 2.44. The van der Waals surface area contributed by atoms with Crippen LogP contribution in [0.25, 0.3) is 5.76 Å². The van der Waals surface area contributed by atoms with Crippen LogP contribution in [0.4, 0.5) is 0 Å². The van der Waals surface area contributed by atoms with Crippen molar-refractivity contribution in [1.82, 2.24) is 4.90 Å². The molecule has 0 bridgehead atoms. The second-order valence-corrected chi connectivity index (χ2v) is 9.67. The Morgan fingerprint density at radius 3 is 2.29 bits per heavy atom. The van der Waals surface area contributed by atoms with Gasteiger partial charge in [-0.05, 0) is 59.0 Å². The van der Waals surface area contributed by atoms with Crippen LogP contribution in [-0.2, 0) is 22.7 Å². The molecule has 208 valence electrons. The fourth-order valence-corrected chi connectivity index (χ4v) is 4.92. The van der Waals surface area contributed by atoms with Crippen molar-refractivity contribution in [2.45, 2.75) is 26.1 Å². The van der Waals surface area contributed by atoms with Crippen LogP contribution < -0.4 is 24.3 Å². The number of nitrogens with zero attached hydrogens (tertiary/aromatic N) is 1. The lowest BCUT2D eigenvalue weighted by molar-refractivity contribution is -0.378. The summed E-state index contributed by atoms with van der Waals surface area (Å²) in [7, 11) is 3.03. The number of aromatic nitrogens is 1. The number of Topliss-reactive ketones (excluding diaryl/α,β-unsaturated/α-hetero) is 1. The molecule has 0 radical (unpaired) electrons. The van der Waals surface area contributed by atoms with Gasteiger partial charge >= 0.3 is 0 Å². The Hall–Kier alpha value is -5.11. The predicted octanol–water partition coefficient (Wildman–Crippen LogP) is 3.83. The summed E-state index contributed by atoms with van der Waals surface area (Å²) in [5.41, 5.74) is 3.72. The molecular formula is C33H30N2O6. The van der Waals surface area contributed by atoms with Gasteiger partial charge in [-0.25, -0.2) is 4.98 Å². The predicted molar refractivity (Wildman–Crippen MR) is 150 cm³/mol. The van der Waals surface area contributed by atoms with Crippen LogP contribution in [0.15, 0.2) is 96.8 Å². The van der Waals surface area contributed by atoms with E-state index in [0.717, 1.165) is 16.7 Å². The molecule has 1 amide bonds. The number of aryl methyl sites for hydroxylation is 1. The minimum atomic E-state index is -0.913. The van der Waals surface area contributed by atoms with Crippen LogP contribution in [0.5, 0.6) is 17.2 Å². The molecule has 5 rings (SSSR count). The van der Waals surface area contributed by atoms with E-state index in [0.29, 0.717) is 29.4 Å². The monoisotopic (exact) mass is 550 g/mol. The van der Waals surface area contributed by atoms with E-state index in [-0.39, 0.29) is 17.7 Å². The van der Waals surface area contributed by atoms with Gasteiger partial charge in [-0.15, -0.1) is 0 Å². The van der Waals surface area contributed by atoms with Crippen molar-refractivity contribution in [3.63, 3.8) is 0 Å².